The summed E-state index contributed by atoms with van der Waals surface area (Å²) in [6.45, 7) is 3.92. The average molecular weight is 395 g/mol. The quantitative estimate of drug-likeness (QED) is 0.450. The Morgan fingerprint density at radius 1 is 1.26 bits per heavy atom. The summed E-state index contributed by atoms with van der Waals surface area (Å²) in [5.74, 6) is 0.959. The van der Waals surface area contributed by atoms with Gasteiger partial charge in [0.15, 0.2) is 5.96 Å². The molecule has 1 fully saturated rings. The topological polar surface area (TPSA) is 30.9 Å². The van der Waals surface area contributed by atoms with Crippen LogP contribution in [0.1, 0.15) is 0 Å². The lowest BCUT2D eigenvalue weighted by Crippen LogP contribution is -2.51. The van der Waals surface area contributed by atoms with Crippen molar-refractivity contribution >= 4 is 47.2 Å². The van der Waals surface area contributed by atoms with E-state index in [4.69, 9.17) is 11.6 Å². The van der Waals surface area contributed by atoms with Gasteiger partial charge < -0.3 is 15.1 Å². The number of aliphatic imine (C=N–C) groups is 1. The van der Waals surface area contributed by atoms with Crippen molar-refractivity contribution in [2.75, 3.05) is 45.2 Å². The first-order valence-corrected chi connectivity index (χ1v) is 6.52. The molecule has 0 radical (unpaired) electrons. The van der Waals surface area contributed by atoms with Gasteiger partial charge in [0.05, 0.1) is 0 Å². The second-order valence-corrected chi connectivity index (χ2v) is 4.69. The maximum Gasteiger partial charge on any atom is 0.193 e. The Kier molecular flexibility index (Phi) is 6.71. The first-order valence-electron chi connectivity index (χ1n) is 6.14. The van der Waals surface area contributed by atoms with Crippen molar-refractivity contribution in [1.82, 2.24) is 10.2 Å². The van der Waals surface area contributed by atoms with Gasteiger partial charge in [-0.15, -0.1) is 24.0 Å². The average Bonchev–Trinajstić information content (AvgIpc) is 2.41. The summed E-state index contributed by atoms with van der Waals surface area (Å²) in [5.41, 5.74) is 1.20. The molecule has 2 rings (SSSR count). The molecule has 1 aromatic rings. The van der Waals surface area contributed by atoms with Crippen LogP contribution in [-0.2, 0) is 0 Å². The Morgan fingerprint density at radius 2 is 1.95 bits per heavy atom. The highest BCUT2D eigenvalue weighted by Crippen LogP contribution is 2.20. The molecule has 0 aliphatic carbocycles. The molecule has 6 heteroatoms. The highest BCUT2D eigenvalue weighted by molar-refractivity contribution is 14.0. The molecule has 0 amide bonds. The first kappa shape index (κ1) is 16.4. The van der Waals surface area contributed by atoms with Crippen molar-refractivity contribution in [3.8, 4) is 0 Å². The number of hydrogen-bond acceptors (Lipinski definition) is 2. The molecule has 1 heterocycles. The Bertz CT molecular complexity index is 430. The molecule has 4 nitrogen and oxygen atoms in total. The Labute approximate surface area is 136 Å². The van der Waals surface area contributed by atoms with Gasteiger partial charge in [0.25, 0.3) is 0 Å². The monoisotopic (exact) mass is 394 g/mol. The van der Waals surface area contributed by atoms with E-state index in [-0.39, 0.29) is 24.0 Å². The number of piperazine rings is 1. The van der Waals surface area contributed by atoms with Gasteiger partial charge in [-0.1, -0.05) is 17.7 Å². The third-order valence-corrected chi connectivity index (χ3v) is 3.42. The normalized spacial score (nSPS) is 16.1. The molecular weight excluding hydrogens is 375 g/mol. The lowest BCUT2D eigenvalue weighted by atomic mass is 10.2. The van der Waals surface area contributed by atoms with Gasteiger partial charge in [-0.3, -0.25) is 4.99 Å². The van der Waals surface area contributed by atoms with Crippen LogP contribution in [0.3, 0.4) is 0 Å². The van der Waals surface area contributed by atoms with Crippen molar-refractivity contribution in [2.24, 2.45) is 4.99 Å². The minimum atomic E-state index is 0. The fraction of sp³-hybridized carbons (Fsp3) is 0.462. The molecule has 0 saturated carbocycles. The van der Waals surface area contributed by atoms with Crippen LogP contribution in [-0.4, -0.2) is 51.1 Å². The molecule has 0 aromatic heterocycles. The summed E-state index contributed by atoms with van der Waals surface area (Å²) in [6.07, 6.45) is 0. The predicted molar refractivity (Wildman–Crippen MR) is 93.1 cm³/mol. The molecule has 106 valence electrons. The summed E-state index contributed by atoms with van der Waals surface area (Å²) >= 11 is 6.02. The highest BCUT2D eigenvalue weighted by atomic mass is 127. The van der Waals surface area contributed by atoms with Gasteiger partial charge in [0.1, 0.15) is 0 Å². The van der Waals surface area contributed by atoms with Crippen LogP contribution in [0.5, 0.6) is 0 Å². The van der Waals surface area contributed by atoms with Crippen molar-refractivity contribution in [1.29, 1.82) is 0 Å². The van der Waals surface area contributed by atoms with Crippen LogP contribution in [0.2, 0.25) is 5.02 Å². The van der Waals surface area contributed by atoms with Gasteiger partial charge in [-0.25, -0.2) is 0 Å². The fourth-order valence-electron chi connectivity index (χ4n) is 2.26. The summed E-state index contributed by atoms with van der Waals surface area (Å²) < 4.78 is 0. The number of nitrogens with zero attached hydrogens (tertiary/aromatic N) is 3. The summed E-state index contributed by atoms with van der Waals surface area (Å²) in [7, 11) is 3.72. The molecule has 19 heavy (non-hydrogen) atoms. The van der Waals surface area contributed by atoms with Crippen molar-refractivity contribution in [3.63, 3.8) is 0 Å². The number of benzene rings is 1. The van der Waals surface area contributed by atoms with Crippen LogP contribution < -0.4 is 10.2 Å². The fourth-order valence-corrected chi connectivity index (χ4v) is 2.45. The maximum atomic E-state index is 6.02. The van der Waals surface area contributed by atoms with Gasteiger partial charge >= 0.3 is 0 Å². The molecule has 0 atom stereocenters. The predicted octanol–water partition coefficient (Wildman–Crippen LogP) is 2.29. The van der Waals surface area contributed by atoms with Crippen LogP contribution in [0.25, 0.3) is 0 Å². The Morgan fingerprint density at radius 3 is 2.47 bits per heavy atom. The van der Waals surface area contributed by atoms with Gasteiger partial charge in [-0.2, -0.15) is 0 Å². The van der Waals surface area contributed by atoms with E-state index in [1.165, 1.54) is 5.69 Å². The lowest BCUT2D eigenvalue weighted by Gasteiger charge is -2.37. The standard InChI is InChI=1S/C13H19ClN4.HI/c1-15-13(16-2)18-8-6-17(7-9-18)12-5-3-4-11(14)10-12;/h3-5,10H,6-9H2,1-2H3,(H,15,16);1H. The van der Waals surface area contributed by atoms with E-state index < -0.39 is 0 Å². The second kappa shape index (κ2) is 7.79. The summed E-state index contributed by atoms with van der Waals surface area (Å²) in [5, 5.41) is 3.91. The molecule has 1 saturated heterocycles. The molecule has 0 bridgehead atoms. The minimum absolute atomic E-state index is 0. The number of anilines is 1. The second-order valence-electron chi connectivity index (χ2n) is 4.25. The minimum Gasteiger partial charge on any atom is -0.368 e. The summed E-state index contributed by atoms with van der Waals surface area (Å²) in [4.78, 5) is 8.85. The Hall–Kier alpha value is -0.690. The zero-order chi connectivity index (χ0) is 13.0. The van der Waals surface area contributed by atoms with Crippen LogP contribution in [0.15, 0.2) is 29.3 Å². The number of halogens is 2. The summed E-state index contributed by atoms with van der Waals surface area (Å²) in [6, 6.07) is 8.03. The van der Waals surface area contributed by atoms with Crippen molar-refractivity contribution < 1.29 is 0 Å². The molecule has 1 N–H and O–H groups in total. The van der Waals surface area contributed by atoms with Gasteiger partial charge in [0.2, 0.25) is 0 Å². The molecule has 1 aromatic carbocycles. The van der Waals surface area contributed by atoms with Gasteiger partial charge in [-0.05, 0) is 18.2 Å². The number of nitrogens with one attached hydrogen (secondary N) is 1. The SMILES string of the molecule is CN=C(NC)N1CCN(c2cccc(Cl)c2)CC1.I. The largest absolute Gasteiger partial charge is 0.368 e. The van der Waals surface area contributed by atoms with Crippen LogP contribution in [0, 0.1) is 0 Å². The smallest absolute Gasteiger partial charge is 0.193 e. The Balaban J connectivity index is 0.00000180. The maximum absolute atomic E-state index is 6.02. The molecular formula is C13H20ClIN4. The van der Waals surface area contributed by atoms with Crippen LogP contribution in [0.4, 0.5) is 5.69 Å². The zero-order valence-electron chi connectivity index (χ0n) is 11.3. The van der Waals surface area contributed by atoms with Crippen molar-refractivity contribution in [2.45, 2.75) is 0 Å². The van der Waals surface area contributed by atoms with E-state index in [2.05, 4.69) is 26.2 Å². The molecule has 1 aliphatic heterocycles. The van der Waals surface area contributed by atoms with E-state index >= 15 is 0 Å². The van der Waals surface area contributed by atoms with E-state index in [1.54, 1.807) is 0 Å². The van der Waals surface area contributed by atoms with E-state index in [9.17, 15) is 0 Å². The number of hydrogen-bond donors (Lipinski definition) is 1. The van der Waals surface area contributed by atoms with Crippen molar-refractivity contribution in [3.05, 3.63) is 29.3 Å². The zero-order valence-corrected chi connectivity index (χ0v) is 14.4. The number of rotatable bonds is 1. The van der Waals surface area contributed by atoms with Gasteiger partial charge in [0, 0.05) is 51.0 Å². The molecule has 0 spiro atoms. The van der Waals surface area contributed by atoms with E-state index in [0.29, 0.717) is 0 Å². The molecule has 0 unspecified atom stereocenters. The van der Waals surface area contributed by atoms with E-state index in [1.807, 2.05) is 32.3 Å². The number of guanidine groups is 1. The highest BCUT2D eigenvalue weighted by Gasteiger charge is 2.19. The third-order valence-electron chi connectivity index (χ3n) is 3.19. The van der Waals surface area contributed by atoms with E-state index in [0.717, 1.165) is 37.2 Å². The third kappa shape index (κ3) is 4.14. The lowest BCUT2D eigenvalue weighted by molar-refractivity contribution is 0.375. The first-order chi connectivity index (χ1) is 8.74. The molecule has 1 aliphatic rings. The van der Waals surface area contributed by atoms with Crippen LogP contribution >= 0.6 is 35.6 Å².